The summed E-state index contributed by atoms with van der Waals surface area (Å²) in [6.07, 6.45) is 8.73. The molecule has 0 saturated heterocycles. The molecule has 1 rings (SSSR count). The van der Waals surface area contributed by atoms with Crippen LogP contribution in [-0.2, 0) is 4.74 Å². The van der Waals surface area contributed by atoms with Gasteiger partial charge in [0.05, 0.1) is 6.10 Å². The highest BCUT2D eigenvalue weighted by Crippen LogP contribution is 2.24. The molecule has 0 aromatic carbocycles. The molecule has 1 aliphatic rings. The average Bonchev–Trinajstić information content (AvgIpc) is 1.98. The summed E-state index contributed by atoms with van der Waals surface area (Å²) in [7, 11) is 1.85. The van der Waals surface area contributed by atoms with Gasteiger partial charge >= 0.3 is 0 Å². The Labute approximate surface area is 83.0 Å². The second-order valence-corrected chi connectivity index (χ2v) is 4.88. The van der Waals surface area contributed by atoms with Crippen LogP contribution in [0, 0.1) is 0 Å². The third kappa shape index (κ3) is 3.28. The minimum atomic E-state index is 0.524. The van der Waals surface area contributed by atoms with E-state index in [1.165, 1.54) is 38.5 Å². The average molecular weight is 268 g/mol. The van der Waals surface area contributed by atoms with Crippen molar-refractivity contribution < 1.29 is 4.74 Å². The van der Waals surface area contributed by atoms with Crippen LogP contribution in [0.1, 0.15) is 38.5 Å². The number of ether oxygens (including phenoxy) is 1. The molecule has 0 aliphatic heterocycles. The largest absolute Gasteiger partial charge is 0.380 e. The lowest BCUT2D eigenvalue weighted by molar-refractivity contribution is 0.0884. The molecule has 11 heavy (non-hydrogen) atoms. The van der Waals surface area contributed by atoms with Crippen molar-refractivity contribution >= 4 is 22.6 Å². The van der Waals surface area contributed by atoms with E-state index >= 15 is 0 Å². The fourth-order valence-electron chi connectivity index (χ4n) is 1.67. The molecule has 0 aromatic rings. The Morgan fingerprint density at radius 1 is 1.09 bits per heavy atom. The first-order valence-electron chi connectivity index (χ1n) is 4.51. The minimum Gasteiger partial charge on any atom is -0.380 e. The summed E-state index contributed by atoms with van der Waals surface area (Å²) in [4.78, 5) is 0. The Balaban J connectivity index is 2.33. The molecule has 1 fully saturated rings. The van der Waals surface area contributed by atoms with Gasteiger partial charge in [-0.2, -0.15) is 0 Å². The third-order valence-corrected chi connectivity index (χ3v) is 3.85. The summed E-state index contributed by atoms with van der Waals surface area (Å²) >= 11 is 2.54. The highest BCUT2D eigenvalue weighted by Gasteiger charge is 2.18. The van der Waals surface area contributed by atoms with Gasteiger partial charge < -0.3 is 4.74 Å². The summed E-state index contributed by atoms with van der Waals surface area (Å²) in [5.41, 5.74) is 0. The van der Waals surface area contributed by atoms with Crippen molar-refractivity contribution in [2.75, 3.05) is 7.11 Å². The van der Waals surface area contributed by atoms with Crippen molar-refractivity contribution in [2.45, 2.75) is 48.6 Å². The van der Waals surface area contributed by atoms with Crippen LogP contribution < -0.4 is 0 Å². The lowest BCUT2D eigenvalue weighted by Gasteiger charge is -2.23. The normalized spacial score (nSPS) is 34.4. The minimum absolute atomic E-state index is 0.524. The number of halogens is 1. The fourth-order valence-corrected chi connectivity index (χ4v) is 2.76. The van der Waals surface area contributed by atoms with E-state index in [2.05, 4.69) is 22.6 Å². The van der Waals surface area contributed by atoms with Gasteiger partial charge in [0.15, 0.2) is 0 Å². The second kappa shape index (κ2) is 5.36. The Morgan fingerprint density at radius 3 is 2.36 bits per heavy atom. The lowest BCUT2D eigenvalue weighted by atomic mass is 9.99. The maximum atomic E-state index is 5.43. The zero-order chi connectivity index (χ0) is 8.10. The Kier molecular flexibility index (Phi) is 4.76. The molecular formula is C9H17IO. The number of hydrogen-bond donors (Lipinski definition) is 0. The van der Waals surface area contributed by atoms with Crippen molar-refractivity contribution in [3.63, 3.8) is 0 Å². The van der Waals surface area contributed by atoms with Crippen molar-refractivity contribution in [3.8, 4) is 0 Å². The van der Waals surface area contributed by atoms with E-state index in [-0.39, 0.29) is 0 Å². The van der Waals surface area contributed by atoms with Crippen molar-refractivity contribution in [1.29, 1.82) is 0 Å². The molecule has 0 radical (unpaired) electrons. The third-order valence-electron chi connectivity index (χ3n) is 2.42. The molecule has 2 atom stereocenters. The summed E-state index contributed by atoms with van der Waals surface area (Å²) < 4.78 is 6.18. The molecule has 1 nitrogen and oxygen atoms in total. The molecule has 0 N–H and O–H groups in total. The van der Waals surface area contributed by atoms with E-state index < -0.39 is 0 Å². The quantitative estimate of drug-likeness (QED) is 0.524. The van der Waals surface area contributed by atoms with Crippen LogP contribution in [0.2, 0.25) is 0 Å². The van der Waals surface area contributed by atoms with Gasteiger partial charge in [0.1, 0.15) is 0 Å². The number of rotatable bonds is 1. The van der Waals surface area contributed by atoms with E-state index in [4.69, 9.17) is 4.74 Å². The predicted molar refractivity (Wildman–Crippen MR) is 56.3 cm³/mol. The van der Waals surface area contributed by atoms with Crippen LogP contribution >= 0.6 is 22.6 Å². The van der Waals surface area contributed by atoms with Crippen molar-refractivity contribution in [1.82, 2.24) is 0 Å². The molecule has 0 aromatic heterocycles. The van der Waals surface area contributed by atoms with Crippen molar-refractivity contribution in [3.05, 3.63) is 0 Å². The summed E-state index contributed by atoms with van der Waals surface area (Å²) in [6, 6.07) is 0. The maximum absolute atomic E-state index is 5.43. The van der Waals surface area contributed by atoms with Gasteiger partial charge in [-0.1, -0.05) is 48.3 Å². The fraction of sp³-hybridized carbons (Fsp3) is 1.00. The van der Waals surface area contributed by atoms with Gasteiger partial charge in [-0.15, -0.1) is 0 Å². The van der Waals surface area contributed by atoms with E-state index in [0.717, 1.165) is 3.92 Å². The van der Waals surface area contributed by atoms with Crippen LogP contribution in [0.4, 0.5) is 0 Å². The van der Waals surface area contributed by atoms with E-state index in [1.54, 1.807) is 0 Å². The van der Waals surface area contributed by atoms with E-state index in [1.807, 2.05) is 7.11 Å². The first-order valence-corrected chi connectivity index (χ1v) is 5.76. The molecule has 1 saturated carbocycles. The number of methoxy groups -OCH3 is 1. The zero-order valence-corrected chi connectivity index (χ0v) is 9.34. The zero-order valence-electron chi connectivity index (χ0n) is 7.18. The second-order valence-electron chi connectivity index (χ2n) is 3.28. The molecule has 0 amide bonds. The highest BCUT2D eigenvalue weighted by molar-refractivity contribution is 14.1. The SMILES string of the molecule is CO[C@@H]1CCCCCC[C@H]1I. The summed E-state index contributed by atoms with van der Waals surface area (Å²) in [6.45, 7) is 0. The lowest BCUT2D eigenvalue weighted by Crippen LogP contribution is -2.23. The van der Waals surface area contributed by atoms with E-state index in [9.17, 15) is 0 Å². The Morgan fingerprint density at radius 2 is 1.73 bits per heavy atom. The predicted octanol–water partition coefficient (Wildman–Crippen LogP) is 3.16. The molecule has 0 bridgehead atoms. The monoisotopic (exact) mass is 268 g/mol. The number of alkyl halides is 1. The smallest absolute Gasteiger partial charge is 0.0688 e. The molecule has 66 valence electrons. The Hall–Kier alpha value is 0.690. The molecular weight excluding hydrogens is 251 g/mol. The number of hydrogen-bond acceptors (Lipinski definition) is 1. The summed E-state index contributed by atoms with van der Waals surface area (Å²) in [5, 5.41) is 0. The van der Waals surface area contributed by atoms with Gasteiger partial charge in [-0.05, 0) is 12.8 Å². The topological polar surface area (TPSA) is 9.23 Å². The molecule has 1 aliphatic carbocycles. The molecule has 0 spiro atoms. The summed E-state index contributed by atoms with van der Waals surface area (Å²) in [5.74, 6) is 0. The van der Waals surface area contributed by atoms with Gasteiger partial charge in [0.25, 0.3) is 0 Å². The van der Waals surface area contributed by atoms with Gasteiger partial charge in [0.2, 0.25) is 0 Å². The Bertz CT molecular complexity index is 106. The van der Waals surface area contributed by atoms with Gasteiger partial charge in [-0.25, -0.2) is 0 Å². The van der Waals surface area contributed by atoms with Crippen LogP contribution in [0.5, 0.6) is 0 Å². The molecule has 2 heteroatoms. The highest BCUT2D eigenvalue weighted by atomic mass is 127. The van der Waals surface area contributed by atoms with Crippen molar-refractivity contribution in [2.24, 2.45) is 0 Å². The van der Waals surface area contributed by atoms with Crippen LogP contribution in [0.25, 0.3) is 0 Å². The molecule has 0 unspecified atom stereocenters. The van der Waals surface area contributed by atoms with Crippen LogP contribution in [-0.4, -0.2) is 17.1 Å². The van der Waals surface area contributed by atoms with Crippen LogP contribution in [0.15, 0.2) is 0 Å². The first kappa shape index (κ1) is 9.78. The first-order chi connectivity index (χ1) is 5.34. The standard InChI is InChI=1S/C9H17IO/c1-11-9-7-5-3-2-4-6-8(9)10/h8-9H,2-7H2,1H3/t8-,9-/m1/s1. The van der Waals surface area contributed by atoms with E-state index in [0.29, 0.717) is 6.10 Å². The van der Waals surface area contributed by atoms with Gasteiger partial charge in [0, 0.05) is 11.0 Å². The molecule has 0 heterocycles. The van der Waals surface area contributed by atoms with Gasteiger partial charge in [-0.3, -0.25) is 0 Å². The van der Waals surface area contributed by atoms with Crippen LogP contribution in [0.3, 0.4) is 0 Å². The maximum Gasteiger partial charge on any atom is 0.0688 e.